The number of hydrogen-bond acceptors (Lipinski definition) is 4. The number of ether oxygens (including phenoxy) is 1. The van der Waals surface area contributed by atoms with Gasteiger partial charge in [0, 0.05) is 18.8 Å². The second kappa shape index (κ2) is 6.36. The van der Waals surface area contributed by atoms with Gasteiger partial charge in [-0.05, 0) is 11.0 Å². The molecule has 0 spiro atoms. The molecule has 0 saturated carbocycles. The van der Waals surface area contributed by atoms with Gasteiger partial charge in [-0.1, -0.05) is 26.8 Å². The Morgan fingerprint density at radius 3 is 2.45 bits per heavy atom. The number of nitrogens with one attached hydrogen (secondary N) is 1. The van der Waals surface area contributed by atoms with Crippen molar-refractivity contribution in [2.75, 3.05) is 7.11 Å². The van der Waals surface area contributed by atoms with Crippen molar-refractivity contribution in [1.82, 2.24) is 10.3 Å². The summed E-state index contributed by atoms with van der Waals surface area (Å²) in [5.74, 6) is -2.23. The van der Waals surface area contributed by atoms with E-state index in [4.69, 9.17) is 9.84 Å². The zero-order valence-corrected chi connectivity index (χ0v) is 12.1. The molecule has 2 N–H and O–H groups in total. The molecule has 20 heavy (non-hydrogen) atoms. The Hall–Kier alpha value is -2.11. The number of nitrogens with zero attached hydrogens (tertiary/aromatic N) is 1. The number of aromatic nitrogens is 1. The lowest BCUT2D eigenvalue weighted by molar-refractivity contribution is -0.151. The van der Waals surface area contributed by atoms with E-state index < -0.39 is 23.2 Å². The van der Waals surface area contributed by atoms with Gasteiger partial charge in [-0.15, -0.1) is 0 Å². The van der Waals surface area contributed by atoms with Crippen molar-refractivity contribution in [1.29, 1.82) is 0 Å². The fraction of sp³-hybridized carbons (Fsp3) is 0.500. The van der Waals surface area contributed by atoms with Gasteiger partial charge in [0.25, 0.3) is 0 Å². The van der Waals surface area contributed by atoms with Crippen LogP contribution in [-0.4, -0.2) is 29.1 Å². The zero-order valence-electron chi connectivity index (χ0n) is 12.1. The van der Waals surface area contributed by atoms with Gasteiger partial charge < -0.3 is 15.2 Å². The minimum Gasteiger partial charge on any atom is -0.481 e. The number of carboxylic acid groups (broad SMARTS) is 1. The highest BCUT2D eigenvalue weighted by molar-refractivity contribution is 5.97. The van der Waals surface area contributed by atoms with Crippen molar-refractivity contribution in [3.63, 3.8) is 0 Å². The molecule has 110 valence electrons. The quantitative estimate of drug-likeness (QED) is 0.797. The summed E-state index contributed by atoms with van der Waals surface area (Å²) in [6.07, 6.45) is 1.58. The highest BCUT2D eigenvalue weighted by Gasteiger charge is 2.37. The van der Waals surface area contributed by atoms with E-state index in [1.807, 2.05) is 0 Å². The minimum absolute atomic E-state index is 0.232. The third-order valence-corrected chi connectivity index (χ3v) is 2.85. The normalized spacial score (nSPS) is 12.6. The number of carbonyl (C=O) groups excluding carboxylic acids is 1. The van der Waals surface area contributed by atoms with Gasteiger partial charge in [0.05, 0.1) is 7.11 Å². The van der Waals surface area contributed by atoms with Crippen LogP contribution in [-0.2, 0) is 16.1 Å². The van der Waals surface area contributed by atoms with Crippen LogP contribution in [0, 0.1) is 11.3 Å². The molecule has 0 aliphatic heterocycles. The molecule has 0 aliphatic rings. The summed E-state index contributed by atoms with van der Waals surface area (Å²) in [6.45, 7) is 5.40. The van der Waals surface area contributed by atoms with Crippen molar-refractivity contribution in [2.45, 2.75) is 27.3 Å². The van der Waals surface area contributed by atoms with Crippen molar-refractivity contribution in [2.24, 2.45) is 11.3 Å². The van der Waals surface area contributed by atoms with Crippen molar-refractivity contribution in [3.8, 4) is 5.88 Å². The van der Waals surface area contributed by atoms with Crippen molar-refractivity contribution >= 4 is 11.9 Å². The Balaban J connectivity index is 2.67. The molecule has 0 fully saturated rings. The fourth-order valence-corrected chi connectivity index (χ4v) is 1.80. The third-order valence-electron chi connectivity index (χ3n) is 2.85. The molecule has 1 atom stereocenters. The summed E-state index contributed by atoms with van der Waals surface area (Å²) in [6, 6.07) is 3.44. The summed E-state index contributed by atoms with van der Waals surface area (Å²) in [4.78, 5) is 27.2. The second-order valence-electron chi connectivity index (χ2n) is 5.56. The largest absolute Gasteiger partial charge is 0.481 e. The number of rotatable bonds is 5. The van der Waals surface area contributed by atoms with E-state index in [1.165, 1.54) is 7.11 Å². The molecule has 1 heterocycles. The molecular weight excluding hydrogens is 260 g/mol. The van der Waals surface area contributed by atoms with Crippen LogP contribution in [0.2, 0.25) is 0 Å². The molecule has 0 aliphatic carbocycles. The number of amides is 1. The van der Waals surface area contributed by atoms with Crippen LogP contribution in [0.25, 0.3) is 0 Å². The number of carboxylic acids is 1. The van der Waals surface area contributed by atoms with E-state index in [2.05, 4.69) is 10.3 Å². The van der Waals surface area contributed by atoms with Gasteiger partial charge in [-0.3, -0.25) is 9.59 Å². The lowest BCUT2D eigenvalue weighted by atomic mass is 9.80. The molecule has 0 saturated heterocycles. The highest BCUT2D eigenvalue weighted by atomic mass is 16.5. The number of methoxy groups -OCH3 is 1. The van der Waals surface area contributed by atoms with Gasteiger partial charge in [0.15, 0.2) is 0 Å². The molecule has 0 radical (unpaired) electrons. The number of carbonyl (C=O) groups is 2. The van der Waals surface area contributed by atoms with Crippen LogP contribution in [0.1, 0.15) is 26.3 Å². The van der Waals surface area contributed by atoms with E-state index in [0.29, 0.717) is 5.88 Å². The standard InChI is InChI=1S/C14H20N2O4/c1-14(2,3)11(13(18)19)12(17)16-8-9-5-6-10(20-4)15-7-9/h5-7,11H,8H2,1-4H3,(H,16,17)(H,18,19). The zero-order chi connectivity index (χ0) is 15.3. The first kappa shape index (κ1) is 15.9. The first-order chi connectivity index (χ1) is 9.25. The fourth-order valence-electron chi connectivity index (χ4n) is 1.80. The molecule has 6 nitrogen and oxygen atoms in total. The van der Waals surface area contributed by atoms with E-state index in [1.54, 1.807) is 39.1 Å². The summed E-state index contributed by atoms with van der Waals surface area (Å²) in [5, 5.41) is 11.8. The minimum atomic E-state index is -1.12. The van der Waals surface area contributed by atoms with Crippen molar-refractivity contribution < 1.29 is 19.4 Å². The summed E-state index contributed by atoms with van der Waals surface area (Å²) in [7, 11) is 1.52. The molecule has 0 aromatic carbocycles. The third kappa shape index (κ3) is 4.22. The average molecular weight is 280 g/mol. The maximum absolute atomic E-state index is 12.0. The van der Waals surface area contributed by atoms with Crippen molar-refractivity contribution in [3.05, 3.63) is 23.9 Å². The topological polar surface area (TPSA) is 88.5 Å². The summed E-state index contributed by atoms with van der Waals surface area (Å²) >= 11 is 0. The average Bonchev–Trinajstić information content (AvgIpc) is 2.34. The predicted molar refractivity (Wildman–Crippen MR) is 73.2 cm³/mol. The monoisotopic (exact) mass is 280 g/mol. The maximum Gasteiger partial charge on any atom is 0.316 e. The van der Waals surface area contributed by atoms with Gasteiger partial charge in [0.1, 0.15) is 5.92 Å². The molecule has 1 amide bonds. The van der Waals surface area contributed by atoms with Crippen LogP contribution in [0.3, 0.4) is 0 Å². The molecule has 6 heteroatoms. The van der Waals surface area contributed by atoms with E-state index in [9.17, 15) is 9.59 Å². The Morgan fingerprint density at radius 1 is 1.40 bits per heavy atom. The Bertz CT molecular complexity index is 477. The summed E-state index contributed by atoms with van der Waals surface area (Å²) in [5.41, 5.74) is 0.130. The lowest BCUT2D eigenvalue weighted by Crippen LogP contribution is -2.42. The number of hydrogen-bond donors (Lipinski definition) is 2. The molecule has 0 bridgehead atoms. The van der Waals surface area contributed by atoms with Gasteiger partial charge >= 0.3 is 5.97 Å². The Morgan fingerprint density at radius 2 is 2.05 bits per heavy atom. The smallest absolute Gasteiger partial charge is 0.316 e. The highest BCUT2D eigenvalue weighted by Crippen LogP contribution is 2.26. The molecule has 1 aromatic rings. The molecule has 1 unspecified atom stereocenters. The van der Waals surface area contributed by atoms with Crippen LogP contribution in [0.4, 0.5) is 0 Å². The van der Waals surface area contributed by atoms with Crippen LogP contribution in [0.5, 0.6) is 5.88 Å². The van der Waals surface area contributed by atoms with E-state index >= 15 is 0 Å². The summed E-state index contributed by atoms with van der Waals surface area (Å²) < 4.78 is 4.93. The molecule has 1 aromatic heterocycles. The number of pyridine rings is 1. The first-order valence-electron chi connectivity index (χ1n) is 6.25. The SMILES string of the molecule is COc1ccc(CNC(=O)C(C(=O)O)C(C)(C)C)cn1. The predicted octanol–water partition coefficient (Wildman–Crippen LogP) is 1.45. The van der Waals surface area contributed by atoms with Crippen LogP contribution < -0.4 is 10.1 Å². The lowest BCUT2D eigenvalue weighted by Gasteiger charge is -2.25. The molecule has 1 rings (SSSR count). The van der Waals surface area contributed by atoms with Gasteiger partial charge in [0.2, 0.25) is 11.8 Å². The second-order valence-corrected chi connectivity index (χ2v) is 5.56. The van der Waals surface area contributed by atoms with Gasteiger partial charge in [-0.2, -0.15) is 0 Å². The Kier molecular flexibility index (Phi) is 5.07. The van der Waals surface area contributed by atoms with Gasteiger partial charge in [-0.25, -0.2) is 4.98 Å². The van der Waals surface area contributed by atoms with Crippen LogP contribution >= 0.6 is 0 Å². The maximum atomic E-state index is 12.0. The Labute approximate surface area is 118 Å². The number of aliphatic carboxylic acids is 1. The first-order valence-corrected chi connectivity index (χ1v) is 6.25. The van der Waals surface area contributed by atoms with Crippen LogP contribution in [0.15, 0.2) is 18.3 Å². The van der Waals surface area contributed by atoms with E-state index in [-0.39, 0.29) is 6.54 Å². The molecular formula is C14H20N2O4. The van der Waals surface area contributed by atoms with E-state index in [0.717, 1.165) is 5.56 Å².